The Morgan fingerprint density at radius 2 is 2.03 bits per heavy atom. The molecule has 170 valence electrons. The molecule has 2 heterocycles. The van der Waals surface area contributed by atoms with Gasteiger partial charge < -0.3 is 14.8 Å². The minimum absolute atomic E-state index is 0.0278. The Morgan fingerprint density at radius 1 is 1.25 bits per heavy atom. The lowest BCUT2D eigenvalue weighted by Gasteiger charge is -2.24. The number of benzene rings is 2. The van der Waals surface area contributed by atoms with Crippen molar-refractivity contribution in [2.75, 3.05) is 18.1 Å². The Bertz CT molecular complexity index is 1050. The molecule has 0 saturated carbocycles. The fraction of sp³-hybridized carbons (Fsp3) is 0.417. The maximum absolute atomic E-state index is 13.5. The van der Waals surface area contributed by atoms with Crippen LogP contribution in [0.15, 0.2) is 42.5 Å². The van der Waals surface area contributed by atoms with Crippen LogP contribution in [-0.2, 0) is 14.9 Å². The van der Waals surface area contributed by atoms with E-state index in [0.717, 1.165) is 12.0 Å². The van der Waals surface area contributed by atoms with E-state index in [0.29, 0.717) is 36.6 Å². The smallest absolute Gasteiger partial charge is 0.387 e. The Hall–Kier alpha value is -3.00. The van der Waals surface area contributed by atoms with Crippen LogP contribution < -0.4 is 15.0 Å². The zero-order valence-corrected chi connectivity index (χ0v) is 18.3. The van der Waals surface area contributed by atoms with E-state index in [9.17, 15) is 18.4 Å². The molecule has 2 aliphatic heterocycles. The number of halogens is 2. The second kappa shape index (κ2) is 8.16. The van der Waals surface area contributed by atoms with Gasteiger partial charge in [0.05, 0.1) is 28.9 Å². The zero-order chi connectivity index (χ0) is 23.1. The van der Waals surface area contributed by atoms with Gasteiger partial charge in [0.2, 0.25) is 5.91 Å². The van der Waals surface area contributed by atoms with E-state index in [2.05, 4.69) is 10.1 Å². The third-order valence-corrected chi connectivity index (χ3v) is 6.41. The summed E-state index contributed by atoms with van der Waals surface area (Å²) in [6.45, 7) is 3.79. The molecule has 8 heteroatoms. The summed E-state index contributed by atoms with van der Waals surface area (Å²) in [5.41, 5.74) is 0.967. The molecule has 0 bridgehead atoms. The molecule has 0 aromatic heterocycles. The van der Waals surface area contributed by atoms with E-state index >= 15 is 0 Å². The maximum Gasteiger partial charge on any atom is 0.387 e. The minimum Gasteiger partial charge on any atom is -0.435 e. The van der Waals surface area contributed by atoms with Gasteiger partial charge in [-0.25, -0.2) is 0 Å². The number of carbonyl (C=O) groups is 2. The van der Waals surface area contributed by atoms with E-state index in [-0.39, 0.29) is 17.6 Å². The molecule has 4 rings (SSSR count). The largest absolute Gasteiger partial charge is 0.435 e. The normalized spacial score (nSPS) is 24.7. The van der Waals surface area contributed by atoms with Crippen molar-refractivity contribution in [3.8, 4) is 5.75 Å². The van der Waals surface area contributed by atoms with Crippen LogP contribution in [0.5, 0.6) is 5.75 Å². The monoisotopic (exact) mass is 444 g/mol. The predicted octanol–water partition coefficient (Wildman–Crippen LogP) is 4.54. The highest BCUT2D eigenvalue weighted by Crippen LogP contribution is 2.48. The number of nitrogens with zero attached hydrogens (tertiary/aromatic N) is 1. The van der Waals surface area contributed by atoms with Gasteiger partial charge in [0, 0.05) is 18.2 Å². The Labute approximate surface area is 185 Å². The Balaban J connectivity index is 1.71. The van der Waals surface area contributed by atoms with Crippen molar-refractivity contribution in [1.82, 2.24) is 5.32 Å². The van der Waals surface area contributed by atoms with Gasteiger partial charge in [0.15, 0.2) is 0 Å². The number of hydrogen-bond donors (Lipinski definition) is 1. The first-order valence-electron chi connectivity index (χ1n) is 10.6. The van der Waals surface area contributed by atoms with Gasteiger partial charge in [0.25, 0.3) is 5.91 Å². The van der Waals surface area contributed by atoms with Gasteiger partial charge in [-0.2, -0.15) is 8.78 Å². The van der Waals surface area contributed by atoms with Crippen molar-refractivity contribution in [1.29, 1.82) is 0 Å². The second-order valence-corrected chi connectivity index (χ2v) is 8.75. The van der Waals surface area contributed by atoms with Crippen LogP contribution in [0, 0.1) is 0 Å². The summed E-state index contributed by atoms with van der Waals surface area (Å²) < 4.78 is 35.2. The molecular weight excluding hydrogens is 418 g/mol. The van der Waals surface area contributed by atoms with Gasteiger partial charge in [-0.1, -0.05) is 13.0 Å². The molecule has 2 aromatic carbocycles. The molecule has 1 fully saturated rings. The molecule has 32 heavy (non-hydrogen) atoms. The van der Waals surface area contributed by atoms with Gasteiger partial charge in [-0.15, -0.1) is 0 Å². The highest BCUT2D eigenvalue weighted by Gasteiger charge is 2.47. The highest BCUT2D eigenvalue weighted by molar-refractivity contribution is 6.13. The fourth-order valence-corrected chi connectivity index (χ4v) is 4.29. The number of hydrogen-bond acceptors (Lipinski definition) is 4. The summed E-state index contributed by atoms with van der Waals surface area (Å²) in [5, 5.41) is 3.04. The predicted molar refractivity (Wildman–Crippen MR) is 116 cm³/mol. The van der Waals surface area contributed by atoms with Crippen molar-refractivity contribution in [3.63, 3.8) is 0 Å². The van der Waals surface area contributed by atoms with Gasteiger partial charge in [-0.3, -0.25) is 14.5 Å². The first-order chi connectivity index (χ1) is 15.2. The van der Waals surface area contributed by atoms with E-state index in [1.54, 1.807) is 30.3 Å². The Kier molecular flexibility index (Phi) is 5.67. The van der Waals surface area contributed by atoms with E-state index < -0.39 is 17.6 Å². The number of rotatable bonds is 6. The van der Waals surface area contributed by atoms with Crippen molar-refractivity contribution in [2.24, 2.45) is 0 Å². The van der Waals surface area contributed by atoms with Crippen LogP contribution in [0.2, 0.25) is 0 Å². The summed E-state index contributed by atoms with van der Waals surface area (Å²) in [6, 6.07) is 11.2. The lowest BCUT2D eigenvalue weighted by atomic mass is 9.80. The zero-order valence-electron chi connectivity index (χ0n) is 18.3. The summed E-state index contributed by atoms with van der Waals surface area (Å²) in [5.74, 6) is -0.435. The summed E-state index contributed by atoms with van der Waals surface area (Å²) in [4.78, 5) is 27.9. The number of carbonyl (C=O) groups excluding carboxylic acids is 2. The third-order valence-electron chi connectivity index (χ3n) is 6.41. The molecule has 0 radical (unpaired) electrons. The van der Waals surface area contributed by atoms with E-state index in [1.165, 1.54) is 17.0 Å². The van der Waals surface area contributed by atoms with Gasteiger partial charge >= 0.3 is 6.61 Å². The van der Waals surface area contributed by atoms with Crippen molar-refractivity contribution in [2.45, 2.75) is 51.2 Å². The van der Waals surface area contributed by atoms with Crippen LogP contribution in [0.1, 0.15) is 49.5 Å². The third kappa shape index (κ3) is 3.83. The number of anilines is 2. The SMILES string of the molecule is CC[C@]1(C)C(=O)N(c2cccc(OC(F)F)c2)c2ccc(C(=O)N[C@@]3(C)CCOC3)cc21. The highest BCUT2D eigenvalue weighted by atomic mass is 19.3. The average Bonchev–Trinajstić information content (AvgIpc) is 3.27. The van der Waals surface area contributed by atoms with Crippen LogP contribution in [0.25, 0.3) is 0 Å². The summed E-state index contributed by atoms with van der Waals surface area (Å²) >= 11 is 0. The van der Waals surface area contributed by atoms with Crippen LogP contribution >= 0.6 is 0 Å². The second-order valence-electron chi connectivity index (χ2n) is 8.75. The number of nitrogens with one attached hydrogen (secondary N) is 1. The number of ether oxygens (including phenoxy) is 2. The summed E-state index contributed by atoms with van der Waals surface area (Å²) in [6.07, 6.45) is 1.25. The standard InChI is InChI=1S/C24H26F2N2O4/c1-4-24(3)18-12-15(20(29)27-23(2)10-11-31-14-23)8-9-19(18)28(21(24)30)16-6-5-7-17(13-16)32-22(25)26/h5-9,12-13,22H,4,10-11,14H2,1-3H3,(H,27,29)/t23-,24-/m0/s1. The van der Waals surface area contributed by atoms with Crippen LogP contribution in [0.4, 0.5) is 20.2 Å². The molecule has 2 atom stereocenters. The molecule has 2 aromatic rings. The molecule has 1 N–H and O–H groups in total. The minimum atomic E-state index is -2.96. The first-order valence-corrected chi connectivity index (χ1v) is 10.6. The average molecular weight is 444 g/mol. The fourth-order valence-electron chi connectivity index (χ4n) is 4.29. The number of fused-ring (bicyclic) bond motifs is 1. The van der Waals surface area contributed by atoms with Crippen molar-refractivity contribution >= 4 is 23.2 Å². The van der Waals surface area contributed by atoms with Crippen molar-refractivity contribution < 1.29 is 27.8 Å². The molecule has 0 spiro atoms. The molecule has 2 amide bonds. The van der Waals surface area contributed by atoms with Gasteiger partial charge in [-0.05, 0) is 62.6 Å². The lowest BCUT2D eigenvalue weighted by Crippen LogP contribution is -2.46. The molecule has 1 saturated heterocycles. The molecule has 2 aliphatic rings. The van der Waals surface area contributed by atoms with Crippen LogP contribution in [0.3, 0.4) is 0 Å². The number of amides is 2. The number of alkyl halides is 2. The topological polar surface area (TPSA) is 67.9 Å². The summed E-state index contributed by atoms with van der Waals surface area (Å²) in [7, 11) is 0. The van der Waals surface area contributed by atoms with E-state index in [1.807, 2.05) is 20.8 Å². The Morgan fingerprint density at radius 3 is 2.69 bits per heavy atom. The lowest BCUT2D eigenvalue weighted by molar-refractivity contribution is -0.122. The molecule has 6 nitrogen and oxygen atoms in total. The molecular formula is C24H26F2N2O4. The van der Waals surface area contributed by atoms with E-state index in [4.69, 9.17) is 4.74 Å². The first kappa shape index (κ1) is 22.2. The molecule has 0 aliphatic carbocycles. The van der Waals surface area contributed by atoms with Gasteiger partial charge in [0.1, 0.15) is 5.75 Å². The van der Waals surface area contributed by atoms with Crippen molar-refractivity contribution in [3.05, 3.63) is 53.6 Å². The van der Waals surface area contributed by atoms with Crippen LogP contribution in [-0.4, -0.2) is 37.2 Å². The quantitative estimate of drug-likeness (QED) is 0.710. The maximum atomic E-state index is 13.5. The molecule has 0 unspecified atom stereocenters.